The maximum atomic E-state index is 14.8. The number of halogens is 2. The Hall–Kier alpha value is -4.75. The third kappa shape index (κ3) is 5.12. The van der Waals surface area contributed by atoms with Crippen LogP contribution in [0.15, 0.2) is 64.2 Å². The summed E-state index contributed by atoms with van der Waals surface area (Å²) in [5, 5.41) is 7.90. The predicted molar refractivity (Wildman–Crippen MR) is 151 cm³/mol. The topological polar surface area (TPSA) is 125 Å². The molecular formula is C28H24F2N6O4S. The van der Waals surface area contributed by atoms with E-state index in [1.165, 1.54) is 25.3 Å². The normalized spacial score (nSPS) is 11.4. The molecule has 5 rings (SSSR count). The van der Waals surface area contributed by atoms with Crippen molar-refractivity contribution in [3.05, 3.63) is 104 Å². The van der Waals surface area contributed by atoms with E-state index in [4.69, 9.17) is 5.73 Å². The lowest BCUT2D eigenvalue weighted by atomic mass is 10.1. The Labute approximate surface area is 235 Å². The number of ether oxygens (including phenoxy) is 1. The van der Waals surface area contributed by atoms with E-state index in [1.807, 2.05) is 19.0 Å². The van der Waals surface area contributed by atoms with Gasteiger partial charge in [-0.05, 0) is 61.6 Å². The standard InChI is InChI=1S/C28H24F2N6O4S/c1-34(2)13-18-23-25(37)36(22-12-11-21(32-33-22)27(38)40-3)28(39)35(14-17-19(29)5-4-6-20(17)30)26(23)41-24(18)15-7-9-16(31)10-8-15/h4-12H,13-14,31H2,1-3H3. The first kappa shape index (κ1) is 27.8. The van der Waals surface area contributed by atoms with Crippen molar-refractivity contribution < 1.29 is 18.3 Å². The van der Waals surface area contributed by atoms with Crippen molar-refractivity contribution in [3.8, 4) is 16.3 Å². The molecule has 2 aromatic carbocycles. The molecule has 3 aromatic heterocycles. The molecule has 3 heterocycles. The molecule has 0 spiro atoms. The smallest absolute Gasteiger partial charge is 0.358 e. The summed E-state index contributed by atoms with van der Waals surface area (Å²) in [5.74, 6) is -2.60. The van der Waals surface area contributed by atoms with Crippen LogP contribution in [0.4, 0.5) is 14.5 Å². The van der Waals surface area contributed by atoms with Gasteiger partial charge in [-0.15, -0.1) is 21.5 Å². The Morgan fingerprint density at radius 1 is 1.00 bits per heavy atom. The van der Waals surface area contributed by atoms with E-state index >= 15 is 0 Å². The fourth-order valence-electron chi connectivity index (χ4n) is 4.44. The van der Waals surface area contributed by atoms with Crippen molar-refractivity contribution in [1.29, 1.82) is 0 Å². The Bertz CT molecular complexity index is 1880. The van der Waals surface area contributed by atoms with Crippen LogP contribution in [0.2, 0.25) is 0 Å². The lowest BCUT2D eigenvalue weighted by Crippen LogP contribution is -2.40. The minimum atomic E-state index is -0.883. The van der Waals surface area contributed by atoms with Crippen molar-refractivity contribution in [3.63, 3.8) is 0 Å². The second-order valence-electron chi connectivity index (χ2n) is 9.43. The number of hydrogen-bond donors (Lipinski definition) is 1. The van der Waals surface area contributed by atoms with E-state index in [2.05, 4.69) is 14.9 Å². The lowest BCUT2D eigenvalue weighted by Gasteiger charge is -2.14. The molecule has 0 saturated carbocycles. The molecule has 41 heavy (non-hydrogen) atoms. The van der Waals surface area contributed by atoms with Gasteiger partial charge in [0.25, 0.3) is 5.56 Å². The average Bonchev–Trinajstić information content (AvgIpc) is 3.31. The van der Waals surface area contributed by atoms with Gasteiger partial charge in [-0.3, -0.25) is 9.36 Å². The fourth-order valence-corrected chi connectivity index (χ4v) is 5.75. The van der Waals surface area contributed by atoms with Gasteiger partial charge in [-0.1, -0.05) is 18.2 Å². The number of nitrogens with zero attached hydrogens (tertiary/aromatic N) is 5. The van der Waals surface area contributed by atoms with Gasteiger partial charge >= 0.3 is 11.7 Å². The summed E-state index contributed by atoms with van der Waals surface area (Å²) >= 11 is 1.16. The Kier molecular flexibility index (Phi) is 7.47. The van der Waals surface area contributed by atoms with Gasteiger partial charge in [0, 0.05) is 22.7 Å². The maximum Gasteiger partial charge on any atom is 0.358 e. The van der Waals surface area contributed by atoms with Crippen molar-refractivity contribution in [2.24, 2.45) is 0 Å². The molecule has 5 aromatic rings. The number of fused-ring (bicyclic) bond motifs is 1. The zero-order valence-electron chi connectivity index (χ0n) is 22.2. The van der Waals surface area contributed by atoms with Crippen LogP contribution >= 0.6 is 11.3 Å². The molecule has 0 bridgehead atoms. The van der Waals surface area contributed by atoms with Crippen LogP contribution in [0, 0.1) is 11.6 Å². The van der Waals surface area contributed by atoms with Crippen LogP contribution in [-0.2, 0) is 17.8 Å². The van der Waals surface area contributed by atoms with Crippen molar-refractivity contribution >= 4 is 33.2 Å². The van der Waals surface area contributed by atoms with E-state index in [0.717, 1.165) is 38.2 Å². The first-order valence-corrected chi connectivity index (χ1v) is 13.1. The van der Waals surface area contributed by atoms with Gasteiger partial charge < -0.3 is 15.4 Å². The van der Waals surface area contributed by atoms with Crippen LogP contribution < -0.4 is 17.0 Å². The molecule has 0 aliphatic carbocycles. The summed E-state index contributed by atoms with van der Waals surface area (Å²) in [6, 6.07) is 13.0. The van der Waals surface area contributed by atoms with Gasteiger partial charge in [0.15, 0.2) is 11.5 Å². The van der Waals surface area contributed by atoms with Gasteiger partial charge in [0.2, 0.25) is 0 Å². The first-order chi connectivity index (χ1) is 19.6. The van der Waals surface area contributed by atoms with Gasteiger partial charge in [0.05, 0.1) is 19.0 Å². The number of aromatic nitrogens is 4. The third-order valence-electron chi connectivity index (χ3n) is 6.37. The van der Waals surface area contributed by atoms with E-state index in [1.54, 1.807) is 24.3 Å². The molecule has 210 valence electrons. The Morgan fingerprint density at radius 3 is 2.27 bits per heavy atom. The van der Waals surface area contributed by atoms with E-state index < -0.39 is 35.4 Å². The number of benzene rings is 2. The van der Waals surface area contributed by atoms with Crippen LogP contribution in [0.5, 0.6) is 0 Å². The number of esters is 1. The molecule has 0 amide bonds. The number of carbonyl (C=O) groups excluding carboxylic acids is 1. The summed E-state index contributed by atoms with van der Waals surface area (Å²) in [6.45, 7) is -0.181. The number of carbonyl (C=O) groups is 1. The molecule has 0 aliphatic rings. The van der Waals surface area contributed by atoms with Crippen molar-refractivity contribution in [1.82, 2.24) is 24.2 Å². The fraction of sp³-hybridized carbons (Fsp3) is 0.179. The van der Waals surface area contributed by atoms with Crippen LogP contribution in [0.3, 0.4) is 0 Å². The summed E-state index contributed by atoms with van der Waals surface area (Å²) in [6.07, 6.45) is 0. The second kappa shape index (κ2) is 11.0. The molecular weight excluding hydrogens is 554 g/mol. The van der Waals surface area contributed by atoms with Gasteiger partial charge in [-0.25, -0.2) is 22.9 Å². The van der Waals surface area contributed by atoms with E-state index in [-0.39, 0.29) is 27.3 Å². The number of thiophene rings is 1. The number of hydrogen-bond acceptors (Lipinski definition) is 9. The molecule has 0 unspecified atom stereocenters. The Balaban J connectivity index is 1.87. The molecule has 0 aliphatic heterocycles. The number of nitrogens with two attached hydrogens (primary N) is 1. The minimum absolute atomic E-state index is 0.131. The number of anilines is 1. The largest absolute Gasteiger partial charge is 0.464 e. The highest BCUT2D eigenvalue weighted by atomic mass is 32.1. The molecule has 13 heteroatoms. The maximum absolute atomic E-state index is 14.8. The van der Waals surface area contributed by atoms with Gasteiger partial charge in [-0.2, -0.15) is 0 Å². The van der Waals surface area contributed by atoms with E-state index in [0.29, 0.717) is 22.7 Å². The SMILES string of the molecule is COC(=O)c1ccc(-n2c(=O)c3c(CN(C)C)c(-c4ccc(N)cc4)sc3n(Cc3c(F)cccc3F)c2=O)nn1. The number of nitrogen functional groups attached to an aromatic ring is 1. The van der Waals surface area contributed by atoms with E-state index in [9.17, 15) is 23.2 Å². The molecule has 2 N–H and O–H groups in total. The molecule has 0 radical (unpaired) electrons. The summed E-state index contributed by atoms with van der Waals surface area (Å²) in [7, 11) is 4.84. The van der Waals surface area contributed by atoms with Crippen LogP contribution in [0.25, 0.3) is 26.5 Å². The summed E-state index contributed by atoms with van der Waals surface area (Å²) in [4.78, 5) is 42.7. The first-order valence-electron chi connectivity index (χ1n) is 12.3. The molecule has 0 fully saturated rings. The Morgan fingerprint density at radius 2 is 1.68 bits per heavy atom. The molecule has 10 nitrogen and oxygen atoms in total. The third-order valence-corrected chi connectivity index (χ3v) is 7.68. The average molecular weight is 579 g/mol. The monoisotopic (exact) mass is 578 g/mol. The number of methoxy groups -OCH3 is 1. The zero-order chi connectivity index (χ0) is 29.4. The number of rotatable bonds is 7. The highest BCUT2D eigenvalue weighted by Gasteiger charge is 2.26. The lowest BCUT2D eigenvalue weighted by molar-refractivity contribution is 0.0592. The summed E-state index contributed by atoms with van der Waals surface area (Å²) in [5.41, 5.74) is 5.75. The quantitative estimate of drug-likeness (QED) is 0.230. The predicted octanol–water partition coefficient (Wildman–Crippen LogP) is 3.43. The molecule has 0 atom stereocenters. The van der Waals surface area contributed by atoms with Crippen LogP contribution in [-0.4, -0.2) is 51.4 Å². The van der Waals surface area contributed by atoms with Crippen molar-refractivity contribution in [2.75, 3.05) is 26.9 Å². The molecule has 0 saturated heterocycles. The highest BCUT2D eigenvalue weighted by molar-refractivity contribution is 7.22. The highest BCUT2D eigenvalue weighted by Crippen LogP contribution is 2.38. The zero-order valence-corrected chi connectivity index (χ0v) is 23.0. The minimum Gasteiger partial charge on any atom is -0.464 e. The summed E-state index contributed by atoms with van der Waals surface area (Å²) < 4.78 is 36.1. The second-order valence-corrected chi connectivity index (χ2v) is 10.4. The van der Waals surface area contributed by atoms with Crippen molar-refractivity contribution in [2.45, 2.75) is 13.1 Å². The van der Waals surface area contributed by atoms with Crippen LogP contribution in [0.1, 0.15) is 21.6 Å². The van der Waals surface area contributed by atoms with Gasteiger partial charge in [0.1, 0.15) is 16.5 Å².